The van der Waals surface area contributed by atoms with Crippen molar-refractivity contribution in [3.63, 3.8) is 0 Å². The Morgan fingerprint density at radius 3 is 2.92 bits per heavy atom. The van der Waals surface area contributed by atoms with Crippen molar-refractivity contribution in [3.8, 4) is 5.75 Å². The first-order chi connectivity index (χ1) is 12.3. The fourth-order valence-electron chi connectivity index (χ4n) is 3.52. The number of H-pyrrole nitrogens is 1. The Labute approximate surface area is 148 Å². The van der Waals surface area contributed by atoms with Crippen LogP contribution in [0, 0.1) is 12.8 Å². The molecule has 1 fully saturated rings. The zero-order valence-corrected chi connectivity index (χ0v) is 14.6. The number of hydrogen-bond donors (Lipinski definition) is 1. The zero-order valence-electron chi connectivity index (χ0n) is 14.6. The van der Waals surface area contributed by atoms with Crippen LogP contribution in [0.1, 0.15) is 24.1 Å². The number of likely N-dealkylation sites (tertiary alicyclic amines) is 1. The number of piperidine rings is 1. The number of fused-ring (bicyclic) bond motifs is 1. The minimum absolute atomic E-state index is 0.623. The standard InChI is InChI=1S/C20H24N4O/c1-15-10-18(11-20-19(15)12-22-23-20)25-14-16-5-8-24(9-6-16)13-17-4-2-3-7-21-17/h2-4,7,10-12,16H,5-6,8-9,13-14H2,1H3,(H,22,23). The lowest BCUT2D eigenvalue weighted by Crippen LogP contribution is -2.35. The highest BCUT2D eigenvalue weighted by atomic mass is 16.5. The quantitative estimate of drug-likeness (QED) is 0.774. The molecule has 0 bridgehead atoms. The maximum absolute atomic E-state index is 6.08. The third-order valence-corrected chi connectivity index (χ3v) is 5.04. The largest absolute Gasteiger partial charge is 0.493 e. The van der Waals surface area contributed by atoms with Crippen molar-refractivity contribution >= 4 is 10.9 Å². The second kappa shape index (κ2) is 7.23. The van der Waals surface area contributed by atoms with Gasteiger partial charge in [-0.2, -0.15) is 5.10 Å². The molecule has 1 N–H and O–H groups in total. The first-order valence-corrected chi connectivity index (χ1v) is 8.97. The number of benzene rings is 1. The fourth-order valence-corrected chi connectivity index (χ4v) is 3.52. The van der Waals surface area contributed by atoms with Gasteiger partial charge in [-0.1, -0.05) is 6.07 Å². The Hall–Kier alpha value is -2.40. The third-order valence-electron chi connectivity index (χ3n) is 5.04. The Morgan fingerprint density at radius 2 is 2.12 bits per heavy atom. The molecule has 0 amide bonds. The molecule has 0 spiro atoms. The van der Waals surface area contributed by atoms with E-state index in [-0.39, 0.29) is 0 Å². The first kappa shape index (κ1) is 16.1. The van der Waals surface area contributed by atoms with Gasteiger partial charge in [-0.3, -0.25) is 15.0 Å². The summed E-state index contributed by atoms with van der Waals surface area (Å²) in [5, 5.41) is 8.29. The van der Waals surface area contributed by atoms with Gasteiger partial charge in [-0.25, -0.2) is 0 Å². The van der Waals surface area contributed by atoms with Gasteiger partial charge < -0.3 is 4.74 Å². The van der Waals surface area contributed by atoms with Crippen LogP contribution in [0.15, 0.2) is 42.7 Å². The van der Waals surface area contributed by atoms with E-state index in [0.29, 0.717) is 5.92 Å². The van der Waals surface area contributed by atoms with Crippen molar-refractivity contribution in [1.82, 2.24) is 20.1 Å². The molecule has 0 unspecified atom stereocenters. The molecule has 1 aliphatic heterocycles. The summed E-state index contributed by atoms with van der Waals surface area (Å²) in [6, 6.07) is 10.3. The van der Waals surface area contributed by atoms with Crippen LogP contribution in [-0.2, 0) is 6.54 Å². The van der Waals surface area contributed by atoms with Gasteiger partial charge in [0.05, 0.1) is 24.0 Å². The van der Waals surface area contributed by atoms with Gasteiger partial charge in [0.15, 0.2) is 0 Å². The van der Waals surface area contributed by atoms with E-state index in [1.165, 1.54) is 18.4 Å². The van der Waals surface area contributed by atoms with Crippen LogP contribution in [-0.4, -0.2) is 39.8 Å². The molecule has 1 aliphatic rings. The molecule has 0 atom stereocenters. The lowest BCUT2D eigenvalue weighted by Gasteiger charge is -2.31. The minimum Gasteiger partial charge on any atom is -0.493 e. The molecule has 25 heavy (non-hydrogen) atoms. The number of aryl methyl sites for hydroxylation is 1. The molecule has 5 nitrogen and oxygen atoms in total. The molecule has 0 saturated carbocycles. The first-order valence-electron chi connectivity index (χ1n) is 8.97. The van der Waals surface area contributed by atoms with Gasteiger partial charge in [0, 0.05) is 24.2 Å². The number of nitrogens with zero attached hydrogens (tertiary/aromatic N) is 3. The summed E-state index contributed by atoms with van der Waals surface area (Å²) >= 11 is 0. The van der Waals surface area contributed by atoms with E-state index in [1.54, 1.807) is 0 Å². The number of rotatable bonds is 5. The van der Waals surface area contributed by atoms with Gasteiger partial charge in [0.1, 0.15) is 5.75 Å². The van der Waals surface area contributed by atoms with E-state index < -0.39 is 0 Å². The van der Waals surface area contributed by atoms with Gasteiger partial charge in [-0.15, -0.1) is 0 Å². The van der Waals surface area contributed by atoms with Gasteiger partial charge >= 0.3 is 0 Å². The molecule has 130 valence electrons. The molecule has 3 aromatic rings. The monoisotopic (exact) mass is 336 g/mol. The van der Waals surface area contributed by atoms with Crippen LogP contribution >= 0.6 is 0 Å². The average molecular weight is 336 g/mol. The minimum atomic E-state index is 0.623. The van der Waals surface area contributed by atoms with Gasteiger partial charge in [0.2, 0.25) is 0 Å². The molecule has 5 heteroatoms. The summed E-state index contributed by atoms with van der Waals surface area (Å²) in [5.74, 6) is 1.56. The van der Waals surface area contributed by atoms with Crippen LogP contribution in [0.2, 0.25) is 0 Å². The predicted molar refractivity (Wildman–Crippen MR) is 98.6 cm³/mol. The SMILES string of the molecule is Cc1cc(OCC2CCN(Cc3ccccn3)CC2)cc2[nH]ncc12. The second-order valence-electron chi connectivity index (χ2n) is 6.92. The molecule has 1 aromatic carbocycles. The van der Waals surface area contributed by atoms with Crippen molar-refractivity contribution in [2.24, 2.45) is 5.92 Å². The second-order valence-corrected chi connectivity index (χ2v) is 6.92. The number of aromatic amines is 1. The van der Waals surface area contributed by atoms with Crippen LogP contribution in [0.25, 0.3) is 10.9 Å². The number of pyridine rings is 1. The van der Waals surface area contributed by atoms with E-state index in [0.717, 1.165) is 48.6 Å². The molecule has 0 radical (unpaired) electrons. The zero-order chi connectivity index (χ0) is 17.1. The topological polar surface area (TPSA) is 54.0 Å². The molecular formula is C20H24N4O. The average Bonchev–Trinajstić information content (AvgIpc) is 3.11. The van der Waals surface area contributed by atoms with Gasteiger partial charge in [-0.05, 0) is 62.5 Å². The Kier molecular flexibility index (Phi) is 4.65. The van der Waals surface area contributed by atoms with Crippen molar-refractivity contribution in [2.45, 2.75) is 26.3 Å². The Morgan fingerprint density at radius 1 is 1.24 bits per heavy atom. The van der Waals surface area contributed by atoms with Crippen LogP contribution in [0.3, 0.4) is 0 Å². The maximum Gasteiger partial charge on any atom is 0.121 e. The maximum atomic E-state index is 6.08. The molecule has 3 heterocycles. The van der Waals surface area contributed by atoms with E-state index in [2.05, 4.69) is 45.2 Å². The van der Waals surface area contributed by atoms with E-state index in [9.17, 15) is 0 Å². The van der Waals surface area contributed by atoms with Crippen molar-refractivity contribution in [2.75, 3.05) is 19.7 Å². The van der Waals surface area contributed by atoms with Gasteiger partial charge in [0.25, 0.3) is 0 Å². The molecule has 4 rings (SSSR count). The van der Waals surface area contributed by atoms with Crippen molar-refractivity contribution in [1.29, 1.82) is 0 Å². The number of hydrogen-bond acceptors (Lipinski definition) is 4. The third kappa shape index (κ3) is 3.82. The Bertz CT molecular complexity index is 822. The molecule has 1 saturated heterocycles. The van der Waals surface area contributed by atoms with E-state index >= 15 is 0 Å². The van der Waals surface area contributed by atoms with Crippen molar-refractivity contribution in [3.05, 3.63) is 54.0 Å². The lowest BCUT2D eigenvalue weighted by molar-refractivity contribution is 0.136. The highest BCUT2D eigenvalue weighted by molar-refractivity contribution is 5.82. The highest BCUT2D eigenvalue weighted by Crippen LogP contribution is 2.25. The number of nitrogens with one attached hydrogen (secondary N) is 1. The van der Waals surface area contributed by atoms with Crippen LogP contribution in [0.4, 0.5) is 0 Å². The molecule has 2 aromatic heterocycles. The Balaban J connectivity index is 1.28. The normalized spacial score (nSPS) is 16.4. The summed E-state index contributed by atoms with van der Waals surface area (Å²) in [6.07, 6.45) is 6.09. The summed E-state index contributed by atoms with van der Waals surface area (Å²) < 4.78 is 6.08. The number of aromatic nitrogens is 3. The summed E-state index contributed by atoms with van der Waals surface area (Å²) in [7, 11) is 0. The fraction of sp³-hybridized carbons (Fsp3) is 0.400. The summed E-state index contributed by atoms with van der Waals surface area (Å²) in [5.41, 5.74) is 3.40. The predicted octanol–water partition coefficient (Wildman–Crippen LogP) is 3.56. The lowest BCUT2D eigenvalue weighted by atomic mass is 9.97. The molecular weight excluding hydrogens is 312 g/mol. The summed E-state index contributed by atoms with van der Waals surface area (Å²) in [6.45, 7) is 6.06. The van der Waals surface area contributed by atoms with E-state index in [4.69, 9.17) is 4.74 Å². The smallest absolute Gasteiger partial charge is 0.121 e. The van der Waals surface area contributed by atoms with Crippen LogP contribution < -0.4 is 4.74 Å². The highest BCUT2D eigenvalue weighted by Gasteiger charge is 2.20. The number of ether oxygens (including phenoxy) is 1. The molecule has 0 aliphatic carbocycles. The van der Waals surface area contributed by atoms with Crippen molar-refractivity contribution < 1.29 is 4.74 Å². The van der Waals surface area contributed by atoms with E-state index in [1.807, 2.05) is 24.5 Å². The summed E-state index contributed by atoms with van der Waals surface area (Å²) in [4.78, 5) is 6.91. The van der Waals surface area contributed by atoms with Crippen LogP contribution in [0.5, 0.6) is 5.75 Å².